The molecule has 4 nitrogen and oxygen atoms in total. The zero-order valence-electron chi connectivity index (χ0n) is 14.8. The van der Waals surface area contributed by atoms with Gasteiger partial charge >= 0.3 is 0 Å². The predicted molar refractivity (Wildman–Crippen MR) is 95.9 cm³/mol. The molecule has 1 saturated carbocycles. The van der Waals surface area contributed by atoms with Crippen LogP contribution in [-0.2, 0) is 14.3 Å². The molecule has 25 heavy (non-hydrogen) atoms. The van der Waals surface area contributed by atoms with Gasteiger partial charge in [-0.05, 0) is 81.2 Å². The molecule has 0 radical (unpaired) electrons. The van der Waals surface area contributed by atoms with Gasteiger partial charge in [0, 0.05) is 11.6 Å². The summed E-state index contributed by atoms with van der Waals surface area (Å²) in [6.45, 7) is 4.66. The minimum Gasteiger partial charge on any atom is -0.375 e. The normalized spacial score (nSPS) is 34.9. The molecule has 1 aromatic carbocycles. The second kappa shape index (κ2) is 5.82. The van der Waals surface area contributed by atoms with Crippen LogP contribution in [0.1, 0.15) is 61.1 Å². The van der Waals surface area contributed by atoms with Crippen molar-refractivity contribution in [1.82, 2.24) is 5.32 Å². The molecular formula is C20H24ClNO3. The first-order valence-electron chi connectivity index (χ1n) is 9.13. The topological polar surface area (TPSA) is 55.4 Å². The van der Waals surface area contributed by atoms with Gasteiger partial charge in [-0.1, -0.05) is 11.6 Å². The molecule has 134 valence electrons. The Balaban J connectivity index is 1.63. The Hall–Kier alpha value is -1.39. The van der Waals surface area contributed by atoms with E-state index in [0.29, 0.717) is 17.9 Å². The number of benzene rings is 1. The number of nitrogens with one attached hydrogen (secondary N) is 1. The second-order valence-electron chi connectivity index (χ2n) is 7.96. The first-order valence-corrected chi connectivity index (χ1v) is 9.51. The molecule has 0 aromatic heterocycles. The van der Waals surface area contributed by atoms with Crippen LogP contribution in [0.25, 0.3) is 0 Å². The number of amides is 1. The standard InChI is InChI=1S/C20H24ClNO3/c1-12-10-14(21)11-13(2)15(12)16-17(23)20(22-18(16)24)7-5-19(6-8-20)4-3-9-25-19/h10-11,16H,3-9H2,1-2H3,(H,22,24). The fraction of sp³-hybridized carbons (Fsp3) is 0.600. The third-order valence-electron chi connectivity index (χ3n) is 6.41. The van der Waals surface area contributed by atoms with E-state index in [9.17, 15) is 9.59 Å². The van der Waals surface area contributed by atoms with Gasteiger partial charge in [0.1, 0.15) is 5.92 Å². The maximum Gasteiger partial charge on any atom is 0.235 e. The number of ketones is 1. The molecule has 0 bridgehead atoms. The Morgan fingerprint density at radius 3 is 2.28 bits per heavy atom. The quantitative estimate of drug-likeness (QED) is 0.777. The monoisotopic (exact) mass is 361 g/mol. The zero-order valence-corrected chi connectivity index (χ0v) is 15.5. The fourth-order valence-electron chi connectivity index (χ4n) is 5.06. The molecule has 1 amide bonds. The number of halogens is 1. The average Bonchev–Trinajstić information content (AvgIpc) is 3.09. The van der Waals surface area contributed by atoms with Gasteiger partial charge in [0.15, 0.2) is 5.78 Å². The lowest BCUT2D eigenvalue weighted by molar-refractivity contribution is -0.127. The van der Waals surface area contributed by atoms with Gasteiger partial charge in [0.25, 0.3) is 0 Å². The highest BCUT2D eigenvalue weighted by atomic mass is 35.5. The van der Waals surface area contributed by atoms with E-state index >= 15 is 0 Å². The van der Waals surface area contributed by atoms with Crippen LogP contribution in [-0.4, -0.2) is 29.4 Å². The van der Waals surface area contributed by atoms with Crippen LogP contribution in [0.15, 0.2) is 12.1 Å². The highest BCUT2D eigenvalue weighted by molar-refractivity contribution is 6.30. The Bertz CT molecular complexity index is 718. The van der Waals surface area contributed by atoms with Gasteiger partial charge in [-0.15, -0.1) is 0 Å². The lowest BCUT2D eigenvalue weighted by Gasteiger charge is -2.41. The summed E-state index contributed by atoms with van der Waals surface area (Å²) >= 11 is 6.11. The molecule has 1 aliphatic carbocycles. The van der Waals surface area contributed by atoms with Gasteiger partial charge in [0.2, 0.25) is 5.91 Å². The Morgan fingerprint density at radius 1 is 1.08 bits per heavy atom. The highest BCUT2D eigenvalue weighted by Crippen LogP contribution is 2.47. The molecule has 2 heterocycles. The van der Waals surface area contributed by atoms with Crippen LogP contribution in [0, 0.1) is 13.8 Å². The van der Waals surface area contributed by atoms with Gasteiger partial charge in [-0.3, -0.25) is 9.59 Å². The largest absolute Gasteiger partial charge is 0.375 e. The van der Waals surface area contributed by atoms with Crippen molar-refractivity contribution in [3.8, 4) is 0 Å². The first kappa shape index (κ1) is 17.0. The summed E-state index contributed by atoms with van der Waals surface area (Å²) in [5.74, 6) is -0.850. The molecule has 1 atom stereocenters. The van der Waals surface area contributed by atoms with Crippen LogP contribution >= 0.6 is 11.6 Å². The van der Waals surface area contributed by atoms with Crippen molar-refractivity contribution in [2.45, 2.75) is 69.4 Å². The van der Waals surface area contributed by atoms with Gasteiger partial charge in [-0.25, -0.2) is 0 Å². The molecule has 2 spiro atoms. The summed E-state index contributed by atoms with van der Waals surface area (Å²) in [6.07, 6.45) is 5.23. The van der Waals surface area contributed by atoms with E-state index in [2.05, 4.69) is 5.32 Å². The van der Waals surface area contributed by atoms with Crippen LogP contribution in [0.5, 0.6) is 0 Å². The van der Waals surface area contributed by atoms with Crippen molar-refractivity contribution in [3.05, 3.63) is 33.8 Å². The smallest absolute Gasteiger partial charge is 0.235 e. The molecule has 1 aromatic rings. The van der Waals surface area contributed by atoms with Crippen LogP contribution in [0.4, 0.5) is 0 Å². The number of carbonyl (C=O) groups is 2. The Labute approximate surface area is 153 Å². The molecule has 2 aliphatic heterocycles. The third kappa shape index (κ3) is 2.61. The molecule has 4 rings (SSSR count). The number of rotatable bonds is 1. The summed E-state index contributed by atoms with van der Waals surface area (Å²) in [5.41, 5.74) is 1.86. The van der Waals surface area contributed by atoms with E-state index in [1.54, 1.807) is 0 Å². The van der Waals surface area contributed by atoms with E-state index in [4.69, 9.17) is 16.3 Å². The van der Waals surface area contributed by atoms with E-state index in [0.717, 1.165) is 49.0 Å². The minimum atomic E-state index is -0.712. The van der Waals surface area contributed by atoms with E-state index < -0.39 is 11.5 Å². The van der Waals surface area contributed by atoms with E-state index in [1.807, 2.05) is 26.0 Å². The van der Waals surface area contributed by atoms with Crippen LogP contribution in [0.2, 0.25) is 5.02 Å². The summed E-state index contributed by atoms with van der Waals surface area (Å²) in [7, 11) is 0. The maximum atomic E-state index is 13.3. The Morgan fingerprint density at radius 2 is 1.72 bits per heavy atom. The van der Waals surface area contributed by atoms with Gasteiger partial charge < -0.3 is 10.1 Å². The summed E-state index contributed by atoms with van der Waals surface area (Å²) in [6, 6.07) is 3.66. The number of carbonyl (C=O) groups excluding carboxylic acids is 2. The molecule has 5 heteroatoms. The summed E-state index contributed by atoms with van der Waals surface area (Å²) in [5, 5.41) is 3.70. The zero-order chi connectivity index (χ0) is 17.8. The van der Waals surface area contributed by atoms with Gasteiger partial charge in [0.05, 0.1) is 11.1 Å². The maximum absolute atomic E-state index is 13.3. The van der Waals surface area contributed by atoms with Gasteiger partial charge in [-0.2, -0.15) is 0 Å². The second-order valence-corrected chi connectivity index (χ2v) is 8.39. The lowest BCUT2D eigenvalue weighted by Crippen LogP contribution is -2.52. The number of aryl methyl sites for hydroxylation is 2. The van der Waals surface area contributed by atoms with Crippen LogP contribution < -0.4 is 5.32 Å². The summed E-state index contributed by atoms with van der Waals surface area (Å²) < 4.78 is 5.97. The van der Waals surface area contributed by atoms with Crippen molar-refractivity contribution in [2.75, 3.05) is 6.61 Å². The van der Waals surface area contributed by atoms with E-state index in [-0.39, 0.29) is 17.3 Å². The van der Waals surface area contributed by atoms with Crippen molar-refractivity contribution >= 4 is 23.3 Å². The number of hydrogen-bond donors (Lipinski definition) is 1. The molecule has 3 aliphatic rings. The average molecular weight is 362 g/mol. The molecule has 1 N–H and O–H groups in total. The fourth-order valence-corrected chi connectivity index (χ4v) is 5.38. The predicted octanol–water partition coefficient (Wildman–Crippen LogP) is 3.60. The number of hydrogen-bond acceptors (Lipinski definition) is 3. The lowest BCUT2D eigenvalue weighted by atomic mass is 9.70. The molecule has 2 saturated heterocycles. The molecular weight excluding hydrogens is 338 g/mol. The first-order chi connectivity index (χ1) is 11.9. The molecule has 1 unspecified atom stereocenters. The third-order valence-corrected chi connectivity index (χ3v) is 6.62. The van der Waals surface area contributed by atoms with E-state index in [1.165, 1.54) is 0 Å². The van der Waals surface area contributed by atoms with Crippen molar-refractivity contribution in [3.63, 3.8) is 0 Å². The Kier molecular flexibility index (Phi) is 3.97. The minimum absolute atomic E-state index is 0.0267. The van der Waals surface area contributed by atoms with Crippen molar-refractivity contribution in [2.24, 2.45) is 0 Å². The van der Waals surface area contributed by atoms with Crippen molar-refractivity contribution < 1.29 is 14.3 Å². The summed E-state index contributed by atoms with van der Waals surface area (Å²) in [4.78, 5) is 26.1. The molecule has 3 fully saturated rings. The highest BCUT2D eigenvalue weighted by Gasteiger charge is 2.57. The van der Waals surface area contributed by atoms with Crippen molar-refractivity contribution in [1.29, 1.82) is 0 Å². The van der Waals surface area contributed by atoms with Crippen LogP contribution in [0.3, 0.4) is 0 Å². The number of Topliss-reactive ketones (excluding diaryl/α,β-unsaturated/α-hetero) is 1. The number of ether oxygens (including phenoxy) is 1. The SMILES string of the molecule is Cc1cc(Cl)cc(C)c1C1C(=O)NC2(CCC3(CCCO3)CC2)C1=O.